The van der Waals surface area contributed by atoms with Crippen LogP contribution >= 0.6 is 11.6 Å². The minimum absolute atomic E-state index is 0.0323. The molecule has 1 atom stereocenters. The second-order valence-electron chi connectivity index (χ2n) is 8.66. The van der Waals surface area contributed by atoms with E-state index in [4.69, 9.17) is 16.3 Å². The van der Waals surface area contributed by atoms with Gasteiger partial charge in [-0.15, -0.1) is 0 Å². The van der Waals surface area contributed by atoms with E-state index >= 15 is 0 Å². The first-order valence-electron chi connectivity index (χ1n) is 9.87. The van der Waals surface area contributed by atoms with Crippen molar-refractivity contribution in [3.63, 3.8) is 0 Å². The van der Waals surface area contributed by atoms with Crippen LogP contribution in [0.5, 0.6) is 0 Å². The third-order valence-electron chi connectivity index (χ3n) is 5.08. The molecule has 3 rings (SSSR count). The minimum atomic E-state index is -0.574. The van der Waals surface area contributed by atoms with Gasteiger partial charge in [-0.1, -0.05) is 17.7 Å². The minimum Gasteiger partial charge on any atom is -0.444 e. The number of halogens is 2. The number of hydrogen-bond acceptors (Lipinski definition) is 3. The molecule has 1 heterocycles. The highest BCUT2D eigenvalue weighted by Crippen LogP contribution is 2.33. The molecule has 2 aliphatic rings. The van der Waals surface area contributed by atoms with E-state index < -0.39 is 11.4 Å². The van der Waals surface area contributed by atoms with Crippen LogP contribution in [0.1, 0.15) is 52.0 Å². The third-order valence-corrected chi connectivity index (χ3v) is 5.44. The molecule has 7 heteroatoms. The summed E-state index contributed by atoms with van der Waals surface area (Å²) in [6, 6.07) is 4.69. The fourth-order valence-corrected chi connectivity index (χ4v) is 3.76. The Balaban J connectivity index is 1.70. The second kappa shape index (κ2) is 8.27. The van der Waals surface area contributed by atoms with Crippen LogP contribution in [0.3, 0.4) is 0 Å². The summed E-state index contributed by atoms with van der Waals surface area (Å²) in [6.07, 6.45) is 2.90. The number of nitrogens with zero attached hydrogens (tertiary/aromatic N) is 2. The first-order valence-corrected chi connectivity index (χ1v) is 10.2. The number of benzene rings is 1. The average Bonchev–Trinajstić information content (AvgIpc) is 3.45. The van der Waals surface area contributed by atoms with Crippen molar-refractivity contribution in [1.82, 2.24) is 9.80 Å². The number of ether oxygens (including phenoxy) is 1. The fraction of sp³-hybridized carbons (Fsp3) is 0.619. The van der Waals surface area contributed by atoms with Crippen LogP contribution in [-0.2, 0) is 16.1 Å². The van der Waals surface area contributed by atoms with Crippen molar-refractivity contribution in [3.8, 4) is 0 Å². The molecule has 0 bridgehead atoms. The molecule has 0 spiro atoms. The van der Waals surface area contributed by atoms with Crippen LogP contribution in [0, 0.1) is 11.7 Å². The SMILES string of the molecule is CC(C)(C)OC(=O)N1CCC[C@@H](C(=O)N(Cc2c(F)cccc2Cl)C2CC2)C1. The maximum Gasteiger partial charge on any atom is 0.410 e. The van der Waals surface area contributed by atoms with Gasteiger partial charge in [0.1, 0.15) is 11.4 Å². The number of hydrogen-bond donors (Lipinski definition) is 0. The molecule has 0 unspecified atom stereocenters. The first kappa shape index (κ1) is 20.9. The molecule has 1 aliphatic heterocycles. The Morgan fingerprint density at radius 2 is 2.00 bits per heavy atom. The van der Waals surface area contributed by atoms with Gasteiger partial charge in [0, 0.05) is 29.7 Å². The summed E-state index contributed by atoms with van der Waals surface area (Å²) < 4.78 is 19.7. The number of carbonyl (C=O) groups excluding carboxylic acids is 2. The Bertz CT molecular complexity index is 725. The summed E-state index contributed by atoms with van der Waals surface area (Å²) in [7, 11) is 0. The Labute approximate surface area is 170 Å². The molecule has 1 saturated heterocycles. The summed E-state index contributed by atoms with van der Waals surface area (Å²) in [5.41, 5.74) is -0.223. The van der Waals surface area contributed by atoms with Gasteiger partial charge in [-0.2, -0.15) is 0 Å². The predicted molar refractivity (Wildman–Crippen MR) is 106 cm³/mol. The zero-order valence-corrected chi connectivity index (χ0v) is 17.5. The summed E-state index contributed by atoms with van der Waals surface area (Å²) in [6.45, 7) is 6.56. The molecule has 1 aliphatic carbocycles. The van der Waals surface area contributed by atoms with Crippen LogP contribution in [0.15, 0.2) is 18.2 Å². The van der Waals surface area contributed by atoms with Crippen molar-refractivity contribution in [2.24, 2.45) is 5.92 Å². The largest absolute Gasteiger partial charge is 0.444 e. The predicted octanol–water partition coefficient (Wildman–Crippen LogP) is 4.62. The Morgan fingerprint density at radius 1 is 1.29 bits per heavy atom. The molecule has 0 aromatic heterocycles. The van der Waals surface area contributed by atoms with E-state index in [2.05, 4.69) is 0 Å². The molecule has 1 saturated carbocycles. The molecule has 2 fully saturated rings. The maximum absolute atomic E-state index is 14.2. The van der Waals surface area contributed by atoms with Gasteiger partial charge in [-0.05, 0) is 58.6 Å². The zero-order valence-electron chi connectivity index (χ0n) is 16.7. The Kier molecular flexibility index (Phi) is 6.18. The van der Waals surface area contributed by atoms with Crippen molar-refractivity contribution in [1.29, 1.82) is 0 Å². The van der Waals surface area contributed by atoms with E-state index in [0.29, 0.717) is 30.1 Å². The van der Waals surface area contributed by atoms with E-state index in [-0.39, 0.29) is 30.5 Å². The molecule has 5 nitrogen and oxygen atoms in total. The van der Waals surface area contributed by atoms with E-state index in [1.165, 1.54) is 6.07 Å². The quantitative estimate of drug-likeness (QED) is 0.727. The average molecular weight is 411 g/mol. The van der Waals surface area contributed by atoms with Gasteiger partial charge in [0.25, 0.3) is 0 Å². The standard InChI is InChI=1S/C21H28ClFN2O3/c1-21(2,3)28-20(27)24-11-5-6-14(12-24)19(26)25(15-9-10-15)13-16-17(22)7-4-8-18(16)23/h4,7-8,14-15H,5-6,9-13H2,1-3H3/t14-/m1/s1. The van der Waals surface area contributed by atoms with E-state index in [1.54, 1.807) is 21.9 Å². The molecular weight excluding hydrogens is 383 g/mol. The number of likely N-dealkylation sites (tertiary alicyclic amines) is 1. The number of piperidine rings is 1. The maximum atomic E-state index is 14.2. The second-order valence-corrected chi connectivity index (χ2v) is 9.07. The van der Waals surface area contributed by atoms with Gasteiger partial charge in [0.15, 0.2) is 0 Å². The Morgan fingerprint density at radius 3 is 2.61 bits per heavy atom. The lowest BCUT2D eigenvalue weighted by molar-refractivity contribution is -0.138. The van der Waals surface area contributed by atoms with Gasteiger partial charge < -0.3 is 14.5 Å². The van der Waals surface area contributed by atoms with Gasteiger partial charge >= 0.3 is 6.09 Å². The van der Waals surface area contributed by atoms with Gasteiger partial charge in [-0.25, -0.2) is 9.18 Å². The molecule has 28 heavy (non-hydrogen) atoms. The van der Waals surface area contributed by atoms with Crippen LogP contribution in [0.4, 0.5) is 9.18 Å². The van der Waals surface area contributed by atoms with E-state index in [1.807, 2.05) is 20.8 Å². The van der Waals surface area contributed by atoms with Crippen LogP contribution in [0.2, 0.25) is 5.02 Å². The van der Waals surface area contributed by atoms with E-state index in [9.17, 15) is 14.0 Å². The summed E-state index contributed by atoms with van der Waals surface area (Å²) in [5, 5.41) is 0.331. The van der Waals surface area contributed by atoms with Crippen LogP contribution in [0.25, 0.3) is 0 Å². The van der Waals surface area contributed by atoms with Crippen molar-refractivity contribution in [2.45, 2.75) is 64.6 Å². The number of carbonyl (C=O) groups is 2. The molecule has 2 amide bonds. The number of amides is 2. The lowest BCUT2D eigenvalue weighted by Gasteiger charge is -2.36. The van der Waals surface area contributed by atoms with E-state index in [0.717, 1.165) is 19.3 Å². The smallest absolute Gasteiger partial charge is 0.410 e. The monoisotopic (exact) mass is 410 g/mol. The molecule has 154 valence electrons. The first-order chi connectivity index (χ1) is 13.2. The molecule has 1 aromatic rings. The summed E-state index contributed by atoms with van der Waals surface area (Å²) in [4.78, 5) is 29.0. The lowest BCUT2D eigenvalue weighted by Crippen LogP contribution is -2.48. The lowest BCUT2D eigenvalue weighted by atomic mass is 9.96. The van der Waals surface area contributed by atoms with Crippen molar-refractivity contribution in [3.05, 3.63) is 34.6 Å². The molecule has 0 N–H and O–H groups in total. The normalized spacial score (nSPS) is 20.0. The Hall–Kier alpha value is -1.82. The fourth-order valence-electron chi connectivity index (χ4n) is 3.53. The van der Waals surface area contributed by atoms with Gasteiger partial charge in [-0.3, -0.25) is 4.79 Å². The van der Waals surface area contributed by atoms with Crippen molar-refractivity contribution >= 4 is 23.6 Å². The van der Waals surface area contributed by atoms with Crippen LogP contribution < -0.4 is 0 Å². The van der Waals surface area contributed by atoms with Gasteiger partial charge in [0.05, 0.1) is 12.5 Å². The van der Waals surface area contributed by atoms with Gasteiger partial charge in [0.2, 0.25) is 5.91 Å². The summed E-state index contributed by atoms with van der Waals surface area (Å²) >= 11 is 6.17. The van der Waals surface area contributed by atoms with Crippen molar-refractivity contribution < 1.29 is 18.7 Å². The molecule has 1 aromatic carbocycles. The summed E-state index contributed by atoms with van der Waals surface area (Å²) in [5.74, 6) is -0.729. The highest BCUT2D eigenvalue weighted by molar-refractivity contribution is 6.31. The van der Waals surface area contributed by atoms with Crippen LogP contribution in [-0.4, -0.2) is 46.5 Å². The topological polar surface area (TPSA) is 49.9 Å². The van der Waals surface area contributed by atoms with Crippen molar-refractivity contribution in [2.75, 3.05) is 13.1 Å². The number of rotatable bonds is 4. The highest BCUT2D eigenvalue weighted by atomic mass is 35.5. The molecule has 0 radical (unpaired) electrons. The zero-order chi connectivity index (χ0) is 20.5. The molecular formula is C21H28ClFN2O3. The third kappa shape index (κ3) is 5.16. The highest BCUT2D eigenvalue weighted by Gasteiger charge is 2.39.